The first kappa shape index (κ1) is 121. The van der Waals surface area contributed by atoms with Crippen LogP contribution in [-0.2, 0) is 152 Å². The summed E-state index contributed by atoms with van der Waals surface area (Å²) in [6.07, 6.45) is -73.9. The quantitative estimate of drug-likeness (QED) is 0.0155. The number of methoxy groups -OCH3 is 8. The van der Waals surface area contributed by atoms with Crippen LogP contribution >= 0.6 is 94.1 Å². The van der Waals surface area contributed by atoms with Crippen LogP contribution in [0.4, 0.5) is 0 Å². The molecule has 27 rings (SSSR count). The molecular weight excluding hydrogens is 2030 g/mol. The number of aliphatic hydroxyl groups excluding tert-OH is 16. The Morgan fingerprint density at radius 3 is 0.550 bits per heavy atom. The first-order chi connectivity index (χ1) is 67.0. The number of thioether (sulfide) groups is 8. The molecule has 27 aliphatic heterocycles. The van der Waals surface area contributed by atoms with Crippen LogP contribution in [0.1, 0.15) is 70.6 Å². The predicted octanol–water partition coefficient (Wildman–Crippen LogP) is -5.56. The van der Waals surface area contributed by atoms with Gasteiger partial charge in [0, 0.05) is 105 Å². The van der Waals surface area contributed by atoms with E-state index in [0.717, 1.165) is 104 Å². The molecule has 56 heteroatoms. The Labute approximate surface area is 842 Å². The van der Waals surface area contributed by atoms with Crippen LogP contribution in [0.15, 0.2) is 0 Å². The normalized spacial score (nSPS) is 39.1. The van der Waals surface area contributed by atoms with Gasteiger partial charge < -0.3 is 195 Å². The molecule has 16 unspecified atom stereocenters. The van der Waals surface area contributed by atoms with Crippen LogP contribution < -0.4 is 0 Å². The van der Waals surface area contributed by atoms with Crippen molar-refractivity contribution in [1.29, 1.82) is 0 Å². The highest BCUT2D eigenvalue weighted by atomic mass is 32.2. The van der Waals surface area contributed by atoms with Gasteiger partial charge in [-0.05, 0) is 12.8 Å². The third-order valence-electron chi connectivity index (χ3n) is 24.3. The van der Waals surface area contributed by atoms with Crippen molar-refractivity contribution >= 4 is 142 Å². The molecule has 0 aromatic carbocycles. The van der Waals surface area contributed by atoms with E-state index in [4.69, 9.17) is 114 Å². The van der Waals surface area contributed by atoms with Crippen molar-refractivity contribution in [2.24, 2.45) is 5.92 Å². The van der Waals surface area contributed by atoms with Gasteiger partial charge in [0.05, 0.1) is 163 Å². The molecule has 27 fully saturated rings. The highest BCUT2D eigenvalue weighted by Gasteiger charge is 2.61. The second-order valence-corrected chi connectivity index (χ2v) is 42.8. The van der Waals surface area contributed by atoms with Crippen molar-refractivity contribution in [2.75, 3.05) is 156 Å². The largest absolute Gasteiger partial charge is 0.469 e. The summed E-state index contributed by atoms with van der Waals surface area (Å²) in [5, 5.41) is 197. The van der Waals surface area contributed by atoms with Crippen molar-refractivity contribution < 1.29 is 234 Å². The number of esters is 8. The second-order valence-electron chi connectivity index (χ2n) is 33.6. The van der Waals surface area contributed by atoms with E-state index < -0.39 is 293 Å². The van der Waals surface area contributed by atoms with E-state index in [1.54, 1.807) is 0 Å². The Hall–Kier alpha value is -2.72. The fourth-order valence-electron chi connectivity index (χ4n) is 16.3. The van der Waals surface area contributed by atoms with Gasteiger partial charge in [-0.25, -0.2) is 0 Å². The van der Waals surface area contributed by atoms with E-state index in [-0.39, 0.29) is 169 Å². The number of hydrogen-bond acceptors (Lipinski definition) is 56. The zero-order valence-corrected chi connectivity index (χ0v) is 84.9. The Morgan fingerprint density at radius 2 is 0.364 bits per heavy atom. The van der Waals surface area contributed by atoms with Crippen molar-refractivity contribution in [3.8, 4) is 0 Å². The molecule has 27 aliphatic rings. The maximum Gasteiger partial charge on any atom is 0.306 e. The number of carbonyl (C=O) groups excluding carboxylic acids is 8. The van der Waals surface area contributed by atoms with Gasteiger partial charge in [-0.2, -0.15) is 94.1 Å². The average Bonchev–Trinajstić information content (AvgIpc) is 0.769. The lowest BCUT2D eigenvalue weighted by Gasteiger charge is -2.50. The minimum Gasteiger partial charge on any atom is -0.469 e. The average molecular weight is 2170 g/mol. The number of ether oxygens (including phenoxy) is 24. The molecule has 0 aromatic heterocycles. The summed E-state index contributed by atoms with van der Waals surface area (Å²) in [4.78, 5) is 99.6. The highest BCUT2D eigenvalue weighted by Crippen LogP contribution is 2.43. The molecule has 140 heavy (non-hydrogen) atoms. The molecule has 16 N–H and O–H groups in total. The van der Waals surface area contributed by atoms with E-state index in [1.165, 1.54) is 47.3 Å². The molecule has 0 spiro atoms. The minimum absolute atomic E-state index is 0.0146. The molecule has 0 aliphatic carbocycles. The zero-order valence-electron chi connectivity index (χ0n) is 78.4. The van der Waals surface area contributed by atoms with E-state index in [2.05, 4.69) is 0 Å². The van der Waals surface area contributed by atoms with Gasteiger partial charge in [-0.1, -0.05) is 6.42 Å². The lowest BCUT2D eigenvalue weighted by molar-refractivity contribution is -0.391. The van der Waals surface area contributed by atoms with Gasteiger partial charge >= 0.3 is 47.8 Å². The van der Waals surface area contributed by atoms with Crippen molar-refractivity contribution in [2.45, 2.75) is 310 Å². The number of hydrogen-bond donors (Lipinski definition) is 16. The molecular formula is C84H136O48S8. The molecule has 0 amide bonds. The van der Waals surface area contributed by atoms with Crippen LogP contribution in [0.5, 0.6) is 0 Å². The zero-order chi connectivity index (χ0) is 102. The van der Waals surface area contributed by atoms with E-state index in [9.17, 15) is 120 Å². The monoisotopic (exact) mass is 2170 g/mol. The summed E-state index contributed by atoms with van der Waals surface area (Å²) >= 11 is 8.61. The van der Waals surface area contributed by atoms with Crippen LogP contribution in [-0.4, -0.2) is 525 Å². The third-order valence-corrected chi connectivity index (χ3v) is 32.7. The van der Waals surface area contributed by atoms with Gasteiger partial charge in [-0.3, -0.25) is 38.4 Å². The van der Waals surface area contributed by atoms with E-state index >= 15 is 0 Å². The van der Waals surface area contributed by atoms with Gasteiger partial charge in [0.15, 0.2) is 50.3 Å². The van der Waals surface area contributed by atoms with Crippen LogP contribution in [0.2, 0.25) is 0 Å². The summed E-state index contributed by atoms with van der Waals surface area (Å²) in [6.45, 7) is -0.217. The van der Waals surface area contributed by atoms with Crippen LogP contribution in [0.25, 0.3) is 0 Å². The van der Waals surface area contributed by atoms with Crippen LogP contribution in [0, 0.1) is 5.92 Å². The summed E-state index contributed by atoms with van der Waals surface area (Å²) in [5.41, 5.74) is 0. The predicted molar refractivity (Wildman–Crippen MR) is 494 cm³/mol. The molecule has 40 atom stereocenters. The molecule has 16 bridgehead atoms. The van der Waals surface area contributed by atoms with E-state index in [0.29, 0.717) is 0 Å². The maximum absolute atomic E-state index is 12.5. The summed E-state index contributed by atoms with van der Waals surface area (Å²) in [6, 6.07) is 0. The summed E-state index contributed by atoms with van der Waals surface area (Å²) < 4.78 is 141. The third kappa shape index (κ3) is 34.7. The Morgan fingerprint density at radius 1 is 0.207 bits per heavy atom. The Balaban J connectivity index is 1.10. The van der Waals surface area contributed by atoms with Crippen molar-refractivity contribution in [3.63, 3.8) is 0 Å². The fourth-order valence-corrected chi connectivity index (χ4v) is 24.2. The van der Waals surface area contributed by atoms with Gasteiger partial charge in [-0.15, -0.1) is 0 Å². The second kappa shape index (κ2) is 61.6. The fraction of sp³-hybridized carbons (Fsp3) is 0.905. The van der Waals surface area contributed by atoms with Gasteiger partial charge in [0.1, 0.15) is 134 Å². The molecule has 27 saturated heterocycles. The minimum atomic E-state index is -2.25. The van der Waals surface area contributed by atoms with Crippen LogP contribution in [0.3, 0.4) is 0 Å². The number of carbonyl (C=O) groups is 8. The lowest BCUT2D eigenvalue weighted by atomic mass is 9.85. The smallest absolute Gasteiger partial charge is 0.306 e. The topological polar surface area (TPSA) is 682 Å². The molecule has 0 radical (unpaired) electrons. The number of aliphatic hydroxyl groups is 16. The summed E-state index contributed by atoms with van der Waals surface area (Å²) in [5.74, 6) is -6.85. The Kier molecular flexibility index (Phi) is 53.1. The highest BCUT2D eigenvalue weighted by molar-refractivity contribution is 8.00. The van der Waals surface area contributed by atoms with Crippen molar-refractivity contribution in [1.82, 2.24) is 0 Å². The van der Waals surface area contributed by atoms with Gasteiger partial charge in [0.2, 0.25) is 0 Å². The first-order valence-corrected chi connectivity index (χ1v) is 54.8. The SMILES string of the molecule is COC(=O)CCSCC1O[C@@H]2O[C@@H]3C(CSCCC(=O)OC)O[C@H](O[C@@H]4C(CSCCC(=O)OC)O[C@H](O[C@@H]5C(CSCCC(=O)OC)O[C@H](O[C@@H]6C(CSCCC(=O)OC)O[C@H](O[C@@H]7C(CSCCC(=O)OC)O[C@H](O[C@@H]8C(CSCCC(=O)OC)O[C@H](O[C@@H]9C(CSCCC(=O)OC)O[C@H](OCCCC[C@H]1[C@H](O)C2O)C(O)[C@H]9O)C(O)[C@H]8O)C(O)[C@H]7O)C(O)[C@H]6O)C(O)[C@H]5O)C(O)[C@H]4O)C(O)[C@H]3O. The summed E-state index contributed by atoms with van der Waals surface area (Å²) in [7, 11) is 9.39. The molecule has 0 aromatic rings. The molecule has 48 nitrogen and oxygen atoms in total. The van der Waals surface area contributed by atoms with E-state index in [1.807, 2.05) is 0 Å². The molecule has 808 valence electrons. The number of rotatable bonds is 40. The Bertz CT molecular complexity index is 3650. The van der Waals surface area contributed by atoms with Gasteiger partial charge in [0.25, 0.3) is 0 Å². The maximum atomic E-state index is 12.5. The molecule has 0 saturated carbocycles. The van der Waals surface area contributed by atoms with Crippen molar-refractivity contribution in [3.05, 3.63) is 0 Å². The first-order valence-electron chi connectivity index (χ1n) is 45.5. The standard InChI is InChI=1S/C84H136O48S8/c1-109-46(85)12-21-133-29-38-37-11-9-10-20-117-77-63(102)55(94)70(39(119-77)30-134-22-13-47(86)110-2)127-79-65(104)57(96)72(41(121-79)32-136-24-15-49(88)112-4)129-81-67(106)59(98)74(43(123-81)34-138-26-17-51(90)114-6)131-83-69(108)61(100)76(45(125-83)36-140-28-19-53(92)116-8)132-84-68(107)60(99)75(44(124-84)35-139-27-18-52(91)115-7)130-82-66(105)58(97)73(42(122-82)33-137-25-16-50(89)113-5)128-80-64(103)56(95)71(126-78(118-38)62(101)54(37)93)40(120-80)31-135-23-14-48(87)111-3/h37-45,54-84,93-108H,9-36H2,1-8H3/t37-,38?,39?,40?,41?,42?,43?,44?,45?,54+,55-,56-,57-,58-,59-,60-,61-,62?,63?,64?,65?,66?,67?,68?,69?,70-,71-,72-,73-,74-,75-,76-,77+,78-,79-,80-,81-,82-,83-,84-/m1/s1. The lowest BCUT2D eigenvalue weighted by Crippen LogP contribution is -2.68. The molecule has 27 heterocycles.